The van der Waals surface area contributed by atoms with Crippen LogP contribution < -0.4 is 9.47 Å². The number of halogens is 1. The van der Waals surface area contributed by atoms with Crippen molar-refractivity contribution in [2.75, 3.05) is 6.61 Å². The van der Waals surface area contributed by atoms with Gasteiger partial charge in [-0.2, -0.15) is 5.10 Å². The highest BCUT2D eigenvalue weighted by Gasteiger charge is 2.21. The minimum absolute atomic E-state index is 0.190. The van der Waals surface area contributed by atoms with Crippen molar-refractivity contribution in [3.05, 3.63) is 70.5 Å². The Kier molecular flexibility index (Phi) is 6.33. The van der Waals surface area contributed by atoms with E-state index in [1.807, 2.05) is 31.2 Å². The molecule has 1 atom stereocenters. The van der Waals surface area contributed by atoms with Gasteiger partial charge in [0.15, 0.2) is 11.9 Å². The Morgan fingerprint density at radius 1 is 1.21 bits per heavy atom. The van der Waals surface area contributed by atoms with Crippen LogP contribution in [0.3, 0.4) is 0 Å². The lowest BCUT2D eigenvalue weighted by atomic mass is 10.1. The third-order valence-corrected chi connectivity index (χ3v) is 4.59. The summed E-state index contributed by atoms with van der Waals surface area (Å²) in [6.45, 7) is 3.80. The molecule has 0 aliphatic heterocycles. The lowest BCUT2D eigenvalue weighted by Gasteiger charge is -2.14. The van der Waals surface area contributed by atoms with Gasteiger partial charge in [-0.15, -0.1) is 0 Å². The second-order valence-corrected chi connectivity index (χ2v) is 7.06. The number of carbonyl (C=O) groups is 2. The van der Waals surface area contributed by atoms with E-state index in [9.17, 15) is 9.59 Å². The van der Waals surface area contributed by atoms with Crippen LogP contribution >= 0.6 is 15.9 Å². The zero-order valence-corrected chi connectivity index (χ0v) is 17.4. The average Bonchev–Trinajstić information content (AvgIpc) is 3.19. The van der Waals surface area contributed by atoms with Crippen molar-refractivity contribution >= 4 is 27.7 Å². The zero-order chi connectivity index (χ0) is 21.0. The highest BCUT2D eigenvalue weighted by molar-refractivity contribution is 9.10. The number of aromatic nitrogens is 2. The van der Waals surface area contributed by atoms with Gasteiger partial charge in [-0.05, 0) is 44.2 Å². The van der Waals surface area contributed by atoms with E-state index in [2.05, 4.69) is 21.0 Å². The molecule has 0 bridgehead atoms. The molecule has 1 unspecified atom stereocenters. The van der Waals surface area contributed by atoms with Crippen LogP contribution in [-0.4, -0.2) is 39.4 Å². The van der Waals surface area contributed by atoms with Crippen molar-refractivity contribution in [1.82, 2.24) is 9.78 Å². The van der Waals surface area contributed by atoms with E-state index in [1.54, 1.807) is 29.1 Å². The highest BCUT2D eigenvalue weighted by Crippen LogP contribution is 2.28. The van der Waals surface area contributed by atoms with Gasteiger partial charge in [0.1, 0.15) is 17.2 Å². The van der Waals surface area contributed by atoms with Crippen LogP contribution in [0.2, 0.25) is 0 Å². The zero-order valence-electron chi connectivity index (χ0n) is 15.8. The molecule has 1 N–H and O–H groups in total. The predicted molar refractivity (Wildman–Crippen MR) is 110 cm³/mol. The number of hydrogen-bond acceptors (Lipinski definition) is 5. The summed E-state index contributed by atoms with van der Waals surface area (Å²) in [4.78, 5) is 24.2. The topological polar surface area (TPSA) is 90.7 Å². The van der Waals surface area contributed by atoms with Crippen LogP contribution in [0.5, 0.6) is 11.5 Å². The molecule has 3 rings (SSSR count). The summed E-state index contributed by atoms with van der Waals surface area (Å²) in [5.74, 6) is -0.611. The van der Waals surface area contributed by atoms with Crippen molar-refractivity contribution in [2.45, 2.75) is 20.0 Å². The molecule has 3 aromatic rings. The number of ether oxygens (including phenoxy) is 2. The number of carbonyl (C=O) groups excluding carboxylic acids is 1. The number of hydrogen-bond donors (Lipinski definition) is 1. The molecule has 1 aromatic heterocycles. The molecule has 0 saturated heterocycles. The standard InChI is InChI=1S/C21H19BrN2O5/c1-3-28-19-7-5-4-6-17(19)24-12-14(11-23-24)20(25)16-10-15(22)8-9-18(16)29-13(2)21(26)27/h4-13H,3H2,1-2H3,(H,26,27). The molecule has 0 aliphatic carbocycles. The third-order valence-electron chi connectivity index (χ3n) is 4.09. The monoisotopic (exact) mass is 458 g/mol. The number of rotatable bonds is 8. The van der Waals surface area contributed by atoms with Gasteiger partial charge < -0.3 is 14.6 Å². The van der Waals surface area contributed by atoms with E-state index >= 15 is 0 Å². The molecule has 0 radical (unpaired) electrons. The first-order valence-corrected chi connectivity index (χ1v) is 9.70. The van der Waals surface area contributed by atoms with Gasteiger partial charge in [-0.3, -0.25) is 4.79 Å². The SMILES string of the molecule is CCOc1ccccc1-n1cc(C(=O)c2cc(Br)ccc2OC(C)C(=O)O)cn1. The molecule has 7 nitrogen and oxygen atoms in total. The number of ketones is 1. The first kappa shape index (κ1) is 20.6. The molecular weight excluding hydrogens is 440 g/mol. The Hall–Kier alpha value is -3.13. The van der Waals surface area contributed by atoms with Crippen LogP contribution in [0.25, 0.3) is 5.69 Å². The molecule has 8 heteroatoms. The number of para-hydroxylation sites is 2. The van der Waals surface area contributed by atoms with Crippen LogP contribution in [0.1, 0.15) is 29.8 Å². The number of benzene rings is 2. The van der Waals surface area contributed by atoms with E-state index in [4.69, 9.17) is 14.6 Å². The fraction of sp³-hybridized carbons (Fsp3) is 0.190. The van der Waals surface area contributed by atoms with Gasteiger partial charge in [0.25, 0.3) is 0 Å². The lowest BCUT2D eigenvalue weighted by Crippen LogP contribution is -2.23. The molecule has 150 valence electrons. The number of carboxylic acid groups (broad SMARTS) is 1. The Morgan fingerprint density at radius 3 is 2.69 bits per heavy atom. The normalized spacial score (nSPS) is 11.7. The maximum absolute atomic E-state index is 13.1. The van der Waals surface area contributed by atoms with E-state index in [0.717, 1.165) is 0 Å². The minimum Gasteiger partial charge on any atom is -0.492 e. The van der Waals surface area contributed by atoms with Gasteiger partial charge in [-0.25, -0.2) is 9.48 Å². The largest absolute Gasteiger partial charge is 0.492 e. The molecule has 1 heterocycles. The number of carboxylic acids is 1. The summed E-state index contributed by atoms with van der Waals surface area (Å²) in [6, 6.07) is 12.2. The lowest BCUT2D eigenvalue weighted by molar-refractivity contribution is -0.144. The first-order chi connectivity index (χ1) is 13.9. The summed E-state index contributed by atoms with van der Waals surface area (Å²) in [7, 11) is 0. The number of nitrogens with zero attached hydrogens (tertiary/aromatic N) is 2. The highest BCUT2D eigenvalue weighted by atomic mass is 79.9. The van der Waals surface area contributed by atoms with Crippen LogP contribution in [0.15, 0.2) is 59.3 Å². The quantitative estimate of drug-likeness (QED) is 0.510. The van der Waals surface area contributed by atoms with Crippen molar-refractivity contribution in [2.24, 2.45) is 0 Å². The summed E-state index contributed by atoms with van der Waals surface area (Å²) in [6.07, 6.45) is 1.96. The molecule has 0 amide bonds. The van der Waals surface area contributed by atoms with Gasteiger partial charge in [0, 0.05) is 10.7 Å². The maximum atomic E-state index is 13.1. The molecule has 0 spiro atoms. The first-order valence-electron chi connectivity index (χ1n) is 8.91. The Labute approximate surface area is 176 Å². The summed E-state index contributed by atoms with van der Waals surface area (Å²) in [5.41, 5.74) is 1.28. The minimum atomic E-state index is -1.12. The molecular formula is C21H19BrN2O5. The maximum Gasteiger partial charge on any atom is 0.344 e. The fourth-order valence-electron chi connectivity index (χ4n) is 2.67. The van der Waals surface area contributed by atoms with E-state index in [1.165, 1.54) is 13.1 Å². The Bertz CT molecular complexity index is 1050. The summed E-state index contributed by atoms with van der Waals surface area (Å²) in [5, 5.41) is 13.4. The van der Waals surface area contributed by atoms with Gasteiger partial charge >= 0.3 is 5.97 Å². The third kappa shape index (κ3) is 4.65. The van der Waals surface area contributed by atoms with Gasteiger partial charge in [0.2, 0.25) is 0 Å². The second kappa shape index (κ2) is 8.91. The van der Waals surface area contributed by atoms with E-state index in [0.29, 0.717) is 28.1 Å². The molecule has 2 aromatic carbocycles. The smallest absolute Gasteiger partial charge is 0.344 e. The van der Waals surface area contributed by atoms with Crippen molar-refractivity contribution in [3.8, 4) is 17.2 Å². The second-order valence-electron chi connectivity index (χ2n) is 6.14. The predicted octanol–water partition coefficient (Wildman–Crippen LogP) is 4.12. The van der Waals surface area contributed by atoms with Crippen molar-refractivity contribution < 1.29 is 24.2 Å². The van der Waals surface area contributed by atoms with E-state index in [-0.39, 0.29) is 17.1 Å². The summed E-state index contributed by atoms with van der Waals surface area (Å²) < 4.78 is 13.3. The molecule has 0 fully saturated rings. The van der Waals surface area contributed by atoms with Crippen LogP contribution in [0.4, 0.5) is 0 Å². The van der Waals surface area contributed by atoms with Crippen molar-refractivity contribution in [1.29, 1.82) is 0 Å². The van der Waals surface area contributed by atoms with E-state index < -0.39 is 12.1 Å². The Balaban J connectivity index is 1.95. The van der Waals surface area contributed by atoms with Gasteiger partial charge in [0.05, 0.1) is 23.9 Å². The van der Waals surface area contributed by atoms with Crippen LogP contribution in [0, 0.1) is 0 Å². The molecule has 0 aliphatic rings. The number of aliphatic carboxylic acids is 1. The van der Waals surface area contributed by atoms with Gasteiger partial charge in [-0.1, -0.05) is 28.1 Å². The molecule has 29 heavy (non-hydrogen) atoms. The molecule has 0 saturated carbocycles. The summed E-state index contributed by atoms with van der Waals surface area (Å²) >= 11 is 3.34. The average molecular weight is 459 g/mol. The van der Waals surface area contributed by atoms with Crippen molar-refractivity contribution in [3.63, 3.8) is 0 Å². The Morgan fingerprint density at radius 2 is 1.97 bits per heavy atom. The fourth-order valence-corrected chi connectivity index (χ4v) is 3.04. The van der Waals surface area contributed by atoms with Crippen LogP contribution in [-0.2, 0) is 4.79 Å².